The van der Waals surface area contributed by atoms with Gasteiger partial charge in [0, 0.05) is 11.9 Å². The van der Waals surface area contributed by atoms with Gasteiger partial charge in [0.15, 0.2) is 0 Å². The van der Waals surface area contributed by atoms with Crippen LogP contribution in [0, 0.1) is 12.8 Å². The Labute approximate surface area is 159 Å². The van der Waals surface area contributed by atoms with Crippen molar-refractivity contribution in [2.24, 2.45) is 5.92 Å². The van der Waals surface area contributed by atoms with Crippen LogP contribution in [-0.2, 0) is 16.6 Å². The summed E-state index contributed by atoms with van der Waals surface area (Å²) in [5, 5.41) is 4.33. The lowest BCUT2D eigenvalue weighted by Gasteiger charge is -2.12. The Balaban J connectivity index is 1.60. The lowest BCUT2D eigenvalue weighted by molar-refractivity contribution is 0.601. The van der Waals surface area contributed by atoms with Crippen LogP contribution in [0.5, 0.6) is 0 Å². The van der Waals surface area contributed by atoms with Crippen LogP contribution in [0.4, 0.5) is 5.69 Å². The summed E-state index contributed by atoms with van der Waals surface area (Å²) in [6.07, 6.45) is 2.62. The number of anilines is 1. The predicted octanol–water partition coefficient (Wildman–Crippen LogP) is 3.84. The van der Waals surface area contributed by atoms with E-state index < -0.39 is 10.0 Å². The first kappa shape index (κ1) is 17.9. The molecule has 0 radical (unpaired) electrons. The highest BCUT2D eigenvalue weighted by Gasteiger charge is 2.20. The van der Waals surface area contributed by atoms with Crippen LogP contribution in [0.25, 0.3) is 10.9 Å². The summed E-state index contributed by atoms with van der Waals surface area (Å²) in [5.74, 6) is 0.808. The fourth-order valence-electron chi connectivity index (χ4n) is 3.02. The molecule has 0 bridgehead atoms. The Hall–Kier alpha value is -2.44. The van der Waals surface area contributed by atoms with Crippen LogP contribution in [-0.4, -0.2) is 19.9 Å². The molecule has 1 aliphatic rings. The number of hydrogen-bond donors (Lipinski definition) is 2. The van der Waals surface area contributed by atoms with Crippen molar-refractivity contribution < 1.29 is 8.42 Å². The van der Waals surface area contributed by atoms with E-state index >= 15 is 0 Å². The Morgan fingerprint density at radius 3 is 2.56 bits per heavy atom. The summed E-state index contributed by atoms with van der Waals surface area (Å²) in [4.78, 5) is 4.94. The van der Waals surface area contributed by atoms with Gasteiger partial charge in [0.25, 0.3) is 10.0 Å². The smallest absolute Gasteiger partial charge is 0.261 e. The van der Waals surface area contributed by atoms with Gasteiger partial charge in [-0.3, -0.25) is 4.72 Å². The molecule has 2 N–H and O–H groups in total. The first-order valence-corrected chi connectivity index (χ1v) is 10.7. The van der Waals surface area contributed by atoms with Gasteiger partial charge in [-0.1, -0.05) is 35.9 Å². The molecular formula is C21H23N3O2S. The number of pyridine rings is 1. The zero-order chi connectivity index (χ0) is 18.9. The number of hydrogen-bond acceptors (Lipinski definition) is 4. The van der Waals surface area contributed by atoms with E-state index in [9.17, 15) is 8.42 Å². The summed E-state index contributed by atoms with van der Waals surface area (Å²) in [6, 6.07) is 16.3. The molecule has 27 heavy (non-hydrogen) atoms. The molecule has 1 aromatic heterocycles. The normalized spacial score (nSPS) is 14.4. The number of aromatic nitrogens is 1. The second-order valence-corrected chi connectivity index (χ2v) is 8.86. The molecule has 0 amide bonds. The number of nitrogens with one attached hydrogen (secondary N) is 2. The van der Waals surface area contributed by atoms with Crippen molar-refractivity contribution in [3.63, 3.8) is 0 Å². The molecular weight excluding hydrogens is 358 g/mol. The first-order chi connectivity index (χ1) is 13.0. The van der Waals surface area contributed by atoms with Crippen molar-refractivity contribution in [1.82, 2.24) is 10.3 Å². The number of nitrogens with zero attached hydrogens (tertiary/aromatic N) is 1. The minimum absolute atomic E-state index is 0.243. The Kier molecular flexibility index (Phi) is 4.85. The first-order valence-electron chi connectivity index (χ1n) is 9.20. The second kappa shape index (κ2) is 7.29. The number of rotatable bonds is 7. The largest absolute Gasteiger partial charge is 0.311 e. The fourth-order valence-corrected chi connectivity index (χ4v) is 4.08. The minimum Gasteiger partial charge on any atom is -0.311 e. The van der Waals surface area contributed by atoms with E-state index in [1.54, 1.807) is 30.3 Å². The molecule has 6 heteroatoms. The fraction of sp³-hybridized carbons (Fsp3) is 0.286. The van der Waals surface area contributed by atoms with Crippen LogP contribution >= 0.6 is 0 Å². The molecule has 5 nitrogen and oxygen atoms in total. The average molecular weight is 382 g/mol. The summed E-state index contributed by atoms with van der Waals surface area (Å²) >= 11 is 0. The summed E-state index contributed by atoms with van der Waals surface area (Å²) < 4.78 is 28.2. The summed E-state index contributed by atoms with van der Waals surface area (Å²) in [7, 11) is -3.66. The quantitative estimate of drug-likeness (QED) is 0.652. The lowest BCUT2D eigenvalue weighted by Crippen LogP contribution is -2.17. The number of benzene rings is 2. The van der Waals surface area contributed by atoms with Crippen LogP contribution < -0.4 is 10.0 Å². The molecule has 0 aliphatic heterocycles. The Bertz CT molecular complexity index is 1060. The monoisotopic (exact) mass is 381 g/mol. The van der Waals surface area contributed by atoms with Crippen molar-refractivity contribution in [2.45, 2.75) is 31.2 Å². The van der Waals surface area contributed by atoms with Gasteiger partial charge < -0.3 is 5.32 Å². The maximum Gasteiger partial charge on any atom is 0.261 e. The Morgan fingerprint density at radius 2 is 1.81 bits per heavy atom. The van der Waals surface area contributed by atoms with Crippen LogP contribution in [0.15, 0.2) is 59.5 Å². The average Bonchev–Trinajstić information content (AvgIpc) is 3.47. The SMILES string of the molecule is Cc1ccc(S(=O)(=O)Nc2cccc3ccc(CNCC4CC4)nc23)cc1. The third-order valence-electron chi connectivity index (χ3n) is 4.79. The molecule has 0 unspecified atom stereocenters. The molecule has 4 rings (SSSR count). The van der Waals surface area contributed by atoms with E-state index in [1.165, 1.54) is 12.8 Å². The van der Waals surface area contributed by atoms with Gasteiger partial charge in [0.2, 0.25) is 0 Å². The molecule has 3 aromatic rings. The van der Waals surface area contributed by atoms with Crippen LogP contribution in [0.3, 0.4) is 0 Å². The maximum atomic E-state index is 12.7. The molecule has 1 heterocycles. The lowest BCUT2D eigenvalue weighted by atomic mass is 10.2. The second-order valence-electron chi connectivity index (χ2n) is 7.17. The van der Waals surface area contributed by atoms with E-state index in [0.717, 1.165) is 29.1 Å². The van der Waals surface area contributed by atoms with Gasteiger partial charge in [-0.15, -0.1) is 0 Å². The van der Waals surface area contributed by atoms with E-state index in [4.69, 9.17) is 4.98 Å². The molecule has 0 atom stereocenters. The van der Waals surface area contributed by atoms with Crippen molar-refractivity contribution >= 4 is 26.6 Å². The van der Waals surface area contributed by atoms with E-state index in [2.05, 4.69) is 10.0 Å². The van der Waals surface area contributed by atoms with Gasteiger partial charge in [0.05, 0.1) is 21.8 Å². The van der Waals surface area contributed by atoms with Gasteiger partial charge in [0.1, 0.15) is 0 Å². The van der Waals surface area contributed by atoms with E-state index in [0.29, 0.717) is 17.7 Å². The highest BCUT2D eigenvalue weighted by molar-refractivity contribution is 7.92. The molecule has 1 saturated carbocycles. The van der Waals surface area contributed by atoms with Gasteiger partial charge in [-0.25, -0.2) is 13.4 Å². The van der Waals surface area contributed by atoms with Gasteiger partial charge >= 0.3 is 0 Å². The highest BCUT2D eigenvalue weighted by Crippen LogP contribution is 2.28. The molecule has 0 saturated heterocycles. The third kappa shape index (κ3) is 4.28. The zero-order valence-corrected chi connectivity index (χ0v) is 16.1. The third-order valence-corrected chi connectivity index (χ3v) is 6.17. The molecule has 2 aromatic carbocycles. The minimum atomic E-state index is -3.66. The molecule has 1 aliphatic carbocycles. The highest BCUT2D eigenvalue weighted by atomic mass is 32.2. The summed E-state index contributed by atoms with van der Waals surface area (Å²) in [5.41, 5.74) is 3.09. The standard InChI is InChI=1S/C21H23N3O2S/c1-15-5-11-19(12-6-15)27(25,26)24-20-4-2-3-17-9-10-18(23-21(17)20)14-22-13-16-7-8-16/h2-6,9-12,16,22,24H,7-8,13-14H2,1H3. The topological polar surface area (TPSA) is 71.1 Å². The molecule has 1 fully saturated rings. The van der Waals surface area contributed by atoms with Crippen LogP contribution in [0.2, 0.25) is 0 Å². The van der Waals surface area contributed by atoms with Crippen molar-refractivity contribution in [2.75, 3.05) is 11.3 Å². The van der Waals surface area contributed by atoms with Crippen molar-refractivity contribution in [3.8, 4) is 0 Å². The number of para-hydroxylation sites is 1. The maximum absolute atomic E-state index is 12.7. The van der Waals surface area contributed by atoms with Crippen molar-refractivity contribution in [3.05, 3.63) is 65.9 Å². The Morgan fingerprint density at radius 1 is 1.04 bits per heavy atom. The molecule has 140 valence electrons. The number of fused-ring (bicyclic) bond motifs is 1. The summed E-state index contributed by atoms with van der Waals surface area (Å²) in [6.45, 7) is 3.63. The zero-order valence-electron chi connectivity index (χ0n) is 15.3. The van der Waals surface area contributed by atoms with E-state index in [1.807, 2.05) is 31.2 Å². The van der Waals surface area contributed by atoms with E-state index in [-0.39, 0.29) is 4.90 Å². The number of aryl methyl sites for hydroxylation is 1. The van der Waals surface area contributed by atoms with Gasteiger partial charge in [-0.2, -0.15) is 0 Å². The van der Waals surface area contributed by atoms with Gasteiger partial charge in [-0.05, 0) is 56.5 Å². The predicted molar refractivity (Wildman–Crippen MR) is 108 cm³/mol. The van der Waals surface area contributed by atoms with Crippen LogP contribution in [0.1, 0.15) is 24.1 Å². The van der Waals surface area contributed by atoms with Crippen molar-refractivity contribution in [1.29, 1.82) is 0 Å². The number of sulfonamides is 1. The molecule has 0 spiro atoms.